The second-order valence-corrected chi connectivity index (χ2v) is 7.45. The number of piperidine rings is 1. The van der Waals surface area contributed by atoms with Gasteiger partial charge in [-0.1, -0.05) is 5.92 Å². The minimum atomic E-state index is -3.40. The molecule has 11 heteroatoms. The molecule has 1 fully saturated rings. The normalized spacial score (nSPS) is 21.3. The number of alkyl halides is 2. The van der Waals surface area contributed by atoms with Crippen molar-refractivity contribution in [3.05, 3.63) is 35.1 Å². The predicted octanol–water partition coefficient (Wildman–Crippen LogP) is 3.34. The smallest absolute Gasteiger partial charge is 0.405 e. The average Bonchev–Trinajstić information content (AvgIpc) is 2.71. The van der Waals surface area contributed by atoms with E-state index in [0.717, 1.165) is 0 Å². The largest absolute Gasteiger partial charge is 0.436 e. The van der Waals surface area contributed by atoms with E-state index in [-0.39, 0.29) is 19.6 Å². The first-order valence-electron chi connectivity index (χ1n) is 9.77. The summed E-state index contributed by atoms with van der Waals surface area (Å²) in [5.41, 5.74) is 4.23. The number of likely N-dealkylation sites (tertiary alicyclic amines) is 1. The van der Waals surface area contributed by atoms with Crippen molar-refractivity contribution < 1.29 is 41.0 Å². The molecule has 2 N–H and O–H groups in total. The number of carbonyl (C=O) groups excluding carboxylic acids is 2. The van der Waals surface area contributed by atoms with Gasteiger partial charge >= 0.3 is 6.09 Å². The first-order chi connectivity index (χ1) is 15.0. The zero-order valence-corrected chi connectivity index (χ0v) is 17.3. The summed E-state index contributed by atoms with van der Waals surface area (Å²) in [4.78, 5) is 24.6. The molecule has 0 saturated carbocycles. The van der Waals surface area contributed by atoms with Crippen molar-refractivity contribution in [3.63, 3.8) is 0 Å². The maximum absolute atomic E-state index is 14.6. The molecule has 1 saturated heterocycles. The van der Waals surface area contributed by atoms with Gasteiger partial charge in [0.25, 0.3) is 11.8 Å². The number of halogens is 5. The van der Waals surface area contributed by atoms with Crippen LogP contribution < -0.4 is 5.73 Å². The Hall–Kier alpha value is -2.87. The third-order valence-electron chi connectivity index (χ3n) is 5.23. The fraction of sp³-hybridized carbons (Fsp3) is 0.524. The van der Waals surface area contributed by atoms with Crippen LogP contribution in [0.4, 0.5) is 26.7 Å². The highest BCUT2D eigenvalue weighted by molar-refractivity contribution is 5.84. The van der Waals surface area contributed by atoms with Crippen molar-refractivity contribution in [1.82, 2.24) is 4.90 Å². The number of nitrogens with zero attached hydrogens (tertiary/aromatic N) is 1. The van der Waals surface area contributed by atoms with Crippen molar-refractivity contribution in [3.8, 4) is 12.3 Å². The van der Waals surface area contributed by atoms with Gasteiger partial charge in [0, 0.05) is 37.0 Å². The molecule has 1 aromatic rings. The Morgan fingerprint density at radius 2 is 1.97 bits per heavy atom. The summed E-state index contributed by atoms with van der Waals surface area (Å²) in [6.07, 6.45) is 0.786. The van der Waals surface area contributed by atoms with Crippen LogP contribution in [0.2, 0.25) is 0 Å². The highest BCUT2D eigenvalue weighted by Gasteiger charge is 2.47. The Bertz CT molecular complexity index is 890. The van der Waals surface area contributed by atoms with Gasteiger partial charge in [0.2, 0.25) is 0 Å². The monoisotopic (exact) mass is 462 g/mol. The standard InChI is InChI=1S/C21H23F5N2O4/c1-3-8-31-9-4-7-21(25,26)11-28-12(2)13(10-16(19(28)29)32-20(27)30)17-14(22)5-6-15(23)18(17)24/h1,5-6,12-13,16H,4,7-11H2,2H3,(H2,27,30). The molecule has 0 spiro atoms. The molecule has 32 heavy (non-hydrogen) atoms. The number of nitrogens with two attached hydrogens (primary N) is 1. The maximum atomic E-state index is 14.6. The predicted molar refractivity (Wildman–Crippen MR) is 103 cm³/mol. The number of rotatable bonds is 9. The fourth-order valence-corrected chi connectivity index (χ4v) is 3.73. The summed E-state index contributed by atoms with van der Waals surface area (Å²) < 4.78 is 81.4. The van der Waals surface area contributed by atoms with Crippen molar-refractivity contribution in [1.29, 1.82) is 0 Å². The molecule has 1 aromatic carbocycles. The Labute approximate surface area is 181 Å². The minimum absolute atomic E-state index is 0.0287. The minimum Gasteiger partial charge on any atom is -0.436 e. The van der Waals surface area contributed by atoms with Crippen LogP contribution in [-0.4, -0.2) is 54.7 Å². The summed E-state index contributed by atoms with van der Waals surface area (Å²) in [7, 11) is 0. The first-order valence-corrected chi connectivity index (χ1v) is 9.77. The number of primary amides is 1. The second kappa shape index (κ2) is 10.6. The Balaban J connectivity index is 2.30. The molecular weight excluding hydrogens is 439 g/mol. The third-order valence-corrected chi connectivity index (χ3v) is 5.23. The molecule has 0 radical (unpaired) electrons. The Morgan fingerprint density at radius 3 is 2.59 bits per heavy atom. The summed E-state index contributed by atoms with van der Waals surface area (Å²) in [6, 6.07) is 0.110. The van der Waals surface area contributed by atoms with Crippen LogP contribution in [0.3, 0.4) is 0 Å². The lowest BCUT2D eigenvalue weighted by Gasteiger charge is -2.43. The quantitative estimate of drug-likeness (QED) is 0.264. The maximum Gasteiger partial charge on any atom is 0.405 e. The number of amides is 2. The summed E-state index contributed by atoms with van der Waals surface area (Å²) in [6.45, 7) is 0.125. The number of ether oxygens (including phenoxy) is 2. The molecule has 3 atom stereocenters. The van der Waals surface area contributed by atoms with Gasteiger partial charge in [-0.05, 0) is 25.5 Å². The van der Waals surface area contributed by atoms with Crippen LogP contribution >= 0.6 is 0 Å². The highest BCUT2D eigenvalue weighted by Crippen LogP contribution is 2.39. The van der Waals surface area contributed by atoms with Gasteiger partial charge < -0.3 is 20.1 Å². The summed E-state index contributed by atoms with van der Waals surface area (Å²) in [5, 5.41) is 0. The molecule has 1 heterocycles. The van der Waals surface area contributed by atoms with Gasteiger partial charge in [0.15, 0.2) is 17.7 Å². The van der Waals surface area contributed by atoms with E-state index in [0.29, 0.717) is 17.0 Å². The average molecular weight is 462 g/mol. The number of benzene rings is 1. The summed E-state index contributed by atoms with van der Waals surface area (Å²) >= 11 is 0. The second-order valence-electron chi connectivity index (χ2n) is 7.45. The van der Waals surface area contributed by atoms with E-state index in [1.807, 2.05) is 0 Å². The topological polar surface area (TPSA) is 81.9 Å². The molecule has 0 bridgehead atoms. The molecule has 2 amide bonds. The molecule has 3 unspecified atom stereocenters. The Kier molecular flexibility index (Phi) is 8.44. The number of terminal acetylenes is 1. The van der Waals surface area contributed by atoms with Crippen molar-refractivity contribution >= 4 is 12.0 Å². The lowest BCUT2D eigenvalue weighted by Crippen LogP contribution is -2.57. The van der Waals surface area contributed by atoms with Gasteiger partial charge in [0.1, 0.15) is 12.4 Å². The molecule has 6 nitrogen and oxygen atoms in total. The highest BCUT2D eigenvalue weighted by atomic mass is 19.3. The lowest BCUT2D eigenvalue weighted by molar-refractivity contribution is -0.156. The molecule has 1 aliphatic rings. The molecule has 0 aliphatic carbocycles. The molecule has 1 aliphatic heterocycles. The number of carbonyl (C=O) groups is 2. The van der Waals surface area contributed by atoms with E-state index < -0.39 is 78.4 Å². The lowest BCUT2D eigenvalue weighted by atomic mass is 9.81. The van der Waals surface area contributed by atoms with Crippen LogP contribution in [0.1, 0.15) is 37.7 Å². The zero-order valence-electron chi connectivity index (χ0n) is 17.3. The van der Waals surface area contributed by atoms with Crippen molar-refractivity contribution in [2.75, 3.05) is 19.8 Å². The van der Waals surface area contributed by atoms with Crippen LogP contribution in [-0.2, 0) is 14.3 Å². The first kappa shape index (κ1) is 25.4. The Morgan fingerprint density at radius 1 is 1.31 bits per heavy atom. The summed E-state index contributed by atoms with van der Waals surface area (Å²) in [5.74, 6) is -7.45. The van der Waals surface area contributed by atoms with E-state index in [9.17, 15) is 31.5 Å². The number of hydrogen-bond acceptors (Lipinski definition) is 4. The van der Waals surface area contributed by atoms with Crippen molar-refractivity contribution in [2.24, 2.45) is 5.73 Å². The molecule has 176 valence electrons. The van der Waals surface area contributed by atoms with Gasteiger partial charge in [-0.15, -0.1) is 6.42 Å². The molecule has 2 rings (SSSR count). The van der Waals surface area contributed by atoms with Crippen LogP contribution in [0, 0.1) is 29.8 Å². The zero-order chi connectivity index (χ0) is 24.1. The van der Waals surface area contributed by atoms with Gasteiger partial charge in [-0.2, -0.15) is 0 Å². The van der Waals surface area contributed by atoms with E-state index in [4.69, 9.17) is 21.6 Å². The van der Waals surface area contributed by atoms with Gasteiger partial charge in [-0.25, -0.2) is 26.7 Å². The van der Waals surface area contributed by atoms with Crippen LogP contribution in [0.5, 0.6) is 0 Å². The number of hydrogen-bond donors (Lipinski definition) is 1. The van der Waals surface area contributed by atoms with Crippen molar-refractivity contribution in [2.45, 2.75) is 50.2 Å². The van der Waals surface area contributed by atoms with E-state index in [2.05, 4.69) is 5.92 Å². The van der Waals surface area contributed by atoms with E-state index >= 15 is 0 Å². The molecule has 0 aromatic heterocycles. The SMILES string of the molecule is C#CCOCCCC(F)(F)CN1C(=O)C(OC(N)=O)CC(c2c(F)ccc(F)c2F)C1C. The van der Waals surface area contributed by atoms with E-state index in [1.54, 1.807) is 0 Å². The van der Waals surface area contributed by atoms with Gasteiger partial charge in [-0.3, -0.25) is 4.79 Å². The van der Waals surface area contributed by atoms with Crippen LogP contribution in [0.15, 0.2) is 12.1 Å². The third kappa shape index (κ3) is 6.09. The van der Waals surface area contributed by atoms with Gasteiger partial charge in [0.05, 0.1) is 6.54 Å². The fourth-order valence-electron chi connectivity index (χ4n) is 3.73. The van der Waals surface area contributed by atoms with Crippen LogP contribution in [0.25, 0.3) is 0 Å². The molecular formula is C21H23F5N2O4. The van der Waals surface area contributed by atoms with E-state index in [1.165, 1.54) is 6.92 Å².